The van der Waals surface area contributed by atoms with Gasteiger partial charge in [0, 0.05) is 0 Å². The predicted molar refractivity (Wildman–Crippen MR) is 60.2 cm³/mol. The first-order chi connectivity index (χ1) is 8.08. The van der Waals surface area contributed by atoms with Crippen molar-refractivity contribution in [3.63, 3.8) is 0 Å². The molecule has 10 heteroatoms. The van der Waals surface area contributed by atoms with Gasteiger partial charge in [-0.1, -0.05) is 0 Å². The first-order valence-corrected chi connectivity index (χ1v) is 8.58. The number of amides is 2. The summed E-state index contributed by atoms with van der Waals surface area (Å²) in [6, 6.07) is 0. The molecule has 0 saturated carbocycles. The van der Waals surface area contributed by atoms with Gasteiger partial charge < -0.3 is 0 Å². The molecule has 2 aliphatic heterocycles. The fourth-order valence-electron chi connectivity index (χ4n) is 2.02. The van der Waals surface area contributed by atoms with Crippen molar-refractivity contribution < 1.29 is 26.4 Å². The number of hydrogen-bond donors (Lipinski definition) is 0. The van der Waals surface area contributed by atoms with Gasteiger partial charge in [0.05, 0.1) is 0 Å². The summed E-state index contributed by atoms with van der Waals surface area (Å²) in [5, 5.41) is -0.950. The van der Waals surface area contributed by atoms with Crippen molar-refractivity contribution in [3.8, 4) is 0 Å². The second-order valence-electron chi connectivity index (χ2n) is 4.29. The highest BCUT2D eigenvalue weighted by molar-refractivity contribution is 7.93. The van der Waals surface area contributed by atoms with E-state index in [0.29, 0.717) is 0 Å². The van der Waals surface area contributed by atoms with Gasteiger partial charge in [-0.05, 0) is 13.8 Å². The fraction of sp³-hybridized carbons (Fsp3) is 0.750. The minimum atomic E-state index is -3.66. The highest BCUT2D eigenvalue weighted by Gasteiger charge is 2.52. The number of carbonyl (C=O) groups excluding carboxylic acids is 2. The fourth-order valence-corrected chi connectivity index (χ4v) is 4.50. The third-order valence-electron chi connectivity index (χ3n) is 3.12. The minimum Gasteiger partial charge on any atom is -0.272 e. The van der Waals surface area contributed by atoms with Crippen LogP contribution in [0.4, 0.5) is 0 Å². The van der Waals surface area contributed by atoms with Gasteiger partial charge in [-0.3, -0.25) is 9.59 Å². The molecule has 2 atom stereocenters. The van der Waals surface area contributed by atoms with E-state index in [2.05, 4.69) is 0 Å². The molecule has 2 amide bonds. The molecule has 0 unspecified atom stereocenters. The van der Waals surface area contributed by atoms with Crippen molar-refractivity contribution in [1.82, 2.24) is 10.0 Å². The number of rotatable bonds is 1. The van der Waals surface area contributed by atoms with Crippen LogP contribution in [0.2, 0.25) is 0 Å². The van der Waals surface area contributed by atoms with Crippen LogP contribution in [0.5, 0.6) is 0 Å². The number of hydrogen-bond acceptors (Lipinski definition) is 6. The first-order valence-electron chi connectivity index (χ1n) is 5.15. The molecule has 0 spiro atoms. The van der Waals surface area contributed by atoms with Crippen molar-refractivity contribution in [3.05, 3.63) is 0 Å². The monoisotopic (exact) mass is 296 g/mol. The lowest BCUT2D eigenvalue weighted by Gasteiger charge is -2.32. The van der Waals surface area contributed by atoms with Crippen molar-refractivity contribution in [2.24, 2.45) is 0 Å². The summed E-state index contributed by atoms with van der Waals surface area (Å²) >= 11 is 0. The molecule has 0 aliphatic carbocycles. The average molecular weight is 296 g/mol. The lowest BCUT2D eigenvalue weighted by Crippen LogP contribution is -2.52. The second-order valence-corrected chi connectivity index (χ2v) is 8.88. The van der Waals surface area contributed by atoms with Crippen LogP contribution in [-0.2, 0) is 29.3 Å². The first kappa shape index (κ1) is 13.3. The predicted octanol–water partition coefficient (Wildman–Crippen LogP) is -1.89. The summed E-state index contributed by atoms with van der Waals surface area (Å²) in [6.07, 6.45) is 0. The molecule has 0 radical (unpaired) electrons. The number of sulfone groups is 2. The zero-order chi connectivity index (χ0) is 13.9. The third-order valence-corrected chi connectivity index (χ3v) is 6.90. The standard InChI is InChI=1S/C8H12N2O6S2/c1-5-9(7(11)3-17(5,13)14)10-6(2)18(15,16)4-8(10)12/h5-6H,3-4H2,1-2H3/t5-,6-/m1/s1. The summed E-state index contributed by atoms with van der Waals surface area (Å²) in [5.74, 6) is -2.96. The Bertz CT molecular complexity index is 566. The summed E-state index contributed by atoms with van der Waals surface area (Å²) in [7, 11) is -7.31. The van der Waals surface area contributed by atoms with E-state index >= 15 is 0 Å². The van der Waals surface area contributed by atoms with Gasteiger partial charge >= 0.3 is 0 Å². The molecule has 18 heavy (non-hydrogen) atoms. The Morgan fingerprint density at radius 2 is 1.11 bits per heavy atom. The van der Waals surface area contributed by atoms with E-state index in [1.165, 1.54) is 13.8 Å². The SMILES string of the molecule is C[C@@H]1N(N2C(=O)CS(=O)(=O)[C@@H]2C)C(=O)CS1(=O)=O. The summed E-state index contributed by atoms with van der Waals surface area (Å²) in [4.78, 5) is 23.3. The Morgan fingerprint density at radius 3 is 1.28 bits per heavy atom. The van der Waals surface area contributed by atoms with Crippen LogP contribution in [0, 0.1) is 0 Å². The topological polar surface area (TPSA) is 109 Å². The molecule has 0 aromatic rings. The minimum absolute atomic E-state index is 0.704. The molecule has 0 N–H and O–H groups in total. The number of hydrazine groups is 1. The molecule has 0 aromatic heterocycles. The van der Waals surface area contributed by atoms with Gasteiger partial charge in [-0.25, -0.2) is 26.9 Å². The molecule has 2 heterocycles. The Kier molecular flexibility index (Phi) is 2.71. The highest BCUT2D eigenvalue weighted by Crippen LogP contribution is 2.28. The summed E-state index contributed by atoms with van der Waals surface area (Å²) in [6.45, 7) is 2.51. The molecule has 102 valence electrons. The average Bonchev–Trinajstić information content (AvgIpc) is 2.50. The molecule has 2 saturated heterocycles. The Labute approximate surface area is 104 Å². The van der Waals surface area contributed by atoms with E-state index in [9.17, 15) is 26.4 Å². The largest absolute Gasteiger partial charge is 0.272 e. The molecule has 2 fully saturated rings. The summed E-state index contributed by atoms with van der Waals surface area (Å²) < 4.78 is 46.3. The van der Waals surface area contributed by atoms with Crippen LogP contribution < -0.4 is 0 Å². The lowest BCUT2D eigenvalue weighted by molar-refractivity contribution is -0.160. The van der Waals surface area contributed by atoms with E-state index in [0.717, 1.165) is 10.0 Å². The van der Waals surface area contributed by atoms with E-state index in [4.69, 9.17) is 0 Å². The molecule has 2 rings (SSSR count). The number of nitrogens with zero attached hydrogens (tertiary/aromatic N) is 2. The second kappa shape index (κ2) is 3.67. The normalized spacial score (nSPS) is 34.3. The molecule has 8 nitrogen and oxygen atoms in total. The maximum absolute atomic E-state index is 11.6. The molecule has 0 aromatic carbocycles. The van der Waals surface area contributed by atoms with Crippen LogP contribution >= 0.6 is 0 Å². The van der Waals surface area contributed by atoms with Crippen molar-refractivity contribution >= 4 is 31.5 Å². The van der Waals surface area contributed by atoms with E-state index in [-0.39, 0.29) is 0 Å². The van der Waals surface area contributed by atoms with Gasteiger partial charge in [0.1, 0.15) is 11.5 Å². The lowest BCUT2D eigenvalue weighted by atomic mass is 10.5. The molecular formula is C8H12N2O6S2. The van der Waals surface area contributed by atoms with E-state index in [1.54, 1.807) is 0 Å². The van der Waals surface area contributed by atoms with Gasteiger partial charge in [0.2, 0.25) is 0 Å². The molecular weight excluding hydrogens is 284 g/mol. The maximum Gasteiger partial charge on any atom is 0.257 e. The molecule has 2 aliphatic rings. The van der Waals surface area contributed by atoms with Gasteiger partial charge in [-0.15, -0.1) is 0 Å². The van der Waals surface area contributed by atoms with Crippen LogP contribution in [0.25, 0.3) is 0 Å². The van der Waals surface area contributed by atoms with Crippen molar-refractivity contribution in [2.75, 3.05) is 11.5 Å². The maximum atomic E-state index is 11.6. The number of carbonyl (C=O) groups is 2. The van der Waals surface area contributed by atoms with Crippen molar-refractivity contribution in [1.29, 1.82) is 0 Å². The van der Waals surface area contributed by atoms with Gasteiger partial charge in [0.15, 0.2) is 30.4 Å². The van der Waals surface area contributed by atoms with Crippen molar-refractivity contribution in [2.45, 2.75) is 24.6 Å². The zero-order valence-corrected chi connectivity index (χ0v) is 11.4. The quantitative estimate of drug-likeness (QED) is 0.559. The molecule has 0 bridgehead atoms. The van der Waals surface area contributed by atoms with Crippen LogP contribution in [0.1, 0.15) is 13.8 Å². The van der Waals surface area contributed by atoms with Crippen LogP contribution in [0.15, 0.2) is 0 Å². The Balaban J connectivity index is 2.45. The smallest absolute Gasteiger partial charge is 0.257 e. The van der Waals surface area contributed by atoms with Crippen LogP contribution in [-0.4, -0.2) is 60.9 Å². The van der Waals surface area contributed by atoms with Crippen LogP contribution in [0.3, 0.4) is 0 Å². The van der Waals surface area contributed by atoms with E-state index in [1.807, 2.05) is 0 Å². The van der Waals surface area contributed by atoms with Gasteiger partial charge in [0.25, 0.3) is 11.8 Å². The summed E-state index contributed by atoms with van der Waals surface area (Å²) in [5.41, 5.74) is 0. The highest BCUT2D eigenvalue weighted by atomic mass is 32.2. The third kappa shape index (κ3) is 1.70. The Hall–Kier alpha value is -1.16. The Morgan fingerprint density at radius 1 is 0.833 bits per heavy atom. The van der Waals surface area contributed by atoms with Gasteiger partial charge in [-0.2, -0.15) is 0 Å². The zero-order valence-electron chi connectivity index (χ0n) is 9.73. The van der Waals surface area contributed by atoms with E-state index < -0.39 is 53.7 Å².